The Bertz CT molecular complexity index is 1300. The molecule has 0 bridgehead atoms. The van der Waals surface area contributed by atoms with Gasteiger partial charge in [0.05, 0.1) is 23.8 Å². The number of nitrogens with one attached hydrogen (secondary N) is 2. The van der Waals surface area contributed by atoms with Gasteiger partial charge < -0.3 is 20.3 Å². The number of halogens is 5. The zero-order chi connectivity index (χ0) is 29.8. The maximum absolute atomic E-state index is 14.0. The summed E-state index contributed by atoms with van der Waals surface area (Å²) in [7, 11) is -3.89. The van der Waals surface area contributed by atoms with Gasteiger partial charge in [-0.05, 0) is 39.3 Å². The molecule has 1 aromatic carbocycles. The molecule has 10 nitrogen and oxygen atoms in total. The van der Waals surface area contributed by atoms with Crippen molar-refractivity contribution in [2.75, 3.05) is 11.5 Å². The number of alkyl halides is 3. The Hall–Kier alpha value is -3.40. The van der Waals surface area contributed by atoms with Crippen molar-refractivity contribution < 1.29 is 50.7 Å². The molecule has 0 aliphatic carbocycles. The summed E-state index contributed by atoms with van der Waals surface area (Å²) in [4.78, 5) is 30.5. The molecular formula is C23H27F5N4O6S. The van der Waals surface area contributed by atoms with E-state index in [1.165, 1.54) is 20.8 Å². The van der Waals surface area contributed by atoms with E-state index in [9.17, 15) is 46.0 Å². The molecule has 4 N–H and O–H groups in total. The number of aliphatic hydroxyl groups is 1. The quantitative estimate of drug-likeness (QED) is 0.306. The van der Waals surface area contributed by atoms with E-state index in [4.69, 9.17) is 9.52 Å². The van der Waals surface area contributed by atoms with Gasteiger partial charge in [-0.15, -0.1) is 0 Å². The van der Waals surface area contributed by atoms with Gasteiger partial charge in [0.2, 0.25) is 5.60 Å². The van der Waals surface area contributed by atoms with Crippen molar-refractivity contribution in [2.24, 2.45) is 0 Å². The number of carbonyl (C=O) groups excluding carboxylic acids is 1. The summed E-state index contributed by atoms with van der Waals surface area (Å²) < 4.78 is 94.3. The second kappa shape index (κ2) is 11.8. The van der Waals surface area contributed by atoms with Crippen LogP contribution in [0.25, 0.3) is 11.3 Å². The van der Waals surface area contributed by atoms with E-state index in [0.717, 1.165) is 18.3 Å². The Labute approximate surface area is 220 Å². The van der Waals surface area contributed by atoms with Gasteiger partial charge >= 0.3 is 18.2 Å². The molecule has 1 aromatic heterocycles. The first-order valence-corrected chi connectivity index (χ1v) is 13.2. The Morgan fingerprint density at radius 1 is 1.13 bits per heavy atom. The molecular weight excluding hydrogens is 555 g/mol. The van der Waals surface area contributed by atoms with Crippen molar-refractivity contribution in [1.29, 1.82) is 4.78 Å². The van der Waals surface area contributed by atoms with E-state index in [1.54, 1.807) is 0 Å². The van der Waals surface area contributed by atoms with Crippen molar-refractivity contribution >= 4 is 21.8 Å². The SMILES string of the molecule is CC(C)(C)OC(=O)N[C@@H](CCS(=N)(=O)CCC(O)(c1cnc(-c2ccc(F)cc2F)cn1)C(F)(F)F)C(=O)O. The number of benzene rings is 1. The normalized spacial score (nSPS) is 16.0. The number of carboxylic acids is 1. The van der Waals surface area contributed by atoms with Crippen LogP contribution in [0.15, 0.2) is 30.6 Å². The van der Waals surface area contributed by atoms with E-state index < -0.39 is 86.9 Å². The zero-order valence-corrected chi connectivity index (χ0v) is 21.8. The minimum Gasteiger partial charge on any atom is -0.480 e. The highest BCUT2D eigenvalue weighted by molar-refractivity contribution is 7.92. The van der Waals surface area contributed by atoms with E-state index in [0.29, 0.717) is 12.3 Å². The number of hydrogen-bond acceptors (Lipinski definition) is 8. The largest absolute Gasteiger partial charge is 0.480 e. The lowest BCUT2D eigenvalue weighted by molar-refractivity contribution is -0.269. The average molecular weight is 583 g/mol. The van der Waals surface area contributed by atoms with Crippen LogP contribution in [0.2, 0.25) is 0 Å². The van der Waals surface area contributed by atoms with Crippen LogP contribution in [0.5, 0.6) is 0 Å². The molecule has 1 heterocycles. The maximum Gasteiger partial charge on any atom is 0.423 e. The summed E-state index contributed by atoms with van der Waals surface area (Å²) in [5.74, 6) is -5.21. The third kappa shape index (κ3) is 8.81. The van der Waals surface area contributed by atoms with Gasteiger partial charge in [0.1, 0.15) is 23.3 Å². The van der Waals surface area contributed by atoms with Crippen molar-refractivity contribution in [3.05, 3.63) is 47.9 Å². The maximum atomic E-state index is 14.0. The topological polar surface area (TPSA) is 163 Å². The molecule has 0 aliphatic heterocycles. The van der Waals surface area contributed by atoms with Crippen LogP contribution >= 0.6 is 0 Å². The van der Waals surface area contributed by atoms with Crippen LogP contribution in [0, 0.1) is 16.4 Å². The summed E-state index contributed by atoms with van der Waals surface area (Å²) in [6, 6.07) is 0.808. The number of nitrogens with zero attached hydrogens (tertiary/aromatic N) is 2. The highest BCUT2D eigenvalue weighted by Gasteiger charge is 2.56. The number of aromatic nitrogens is 2. The highest BCUT2D eigenvalue weighted by atomic mass is 32.2. The van der Waals surface area contributed by atoms with Crippen LogP contribution in [-0.4, -0.2) is 65.8 Å². The van der Waals surface area contributed by atoms with Crippen molar-refractivity contribution in [3.8, 4) is 11.3 Å². The van der Waals surface area contributed by atoms with E-state index in [-0.39, 0.29) is 11.3 Å². The smallest absolute Gasteiger partial charge is 0.423 e. The molecule has 2 aromatic rings. The molecule has 16 heteroatoms. The lowest BCUT2D eigenvalue weighted by Crippen LogP contribution is -2.45. The third-order valence-electron chi connectivity index (χ3n) is 5.27. The number of carboxylic acid groups (broad SMARTS) is 1. The molecule has 216 valence electrons. The zero-order valence-electron chi connectivity index (χ0n) is 21.0. The number of amides is 1. The number of hydrogen-bond donors (Lipinski definition) is 4. The van der Waals surface area contributed by atoms with Crippen molar-refractivity contribution in [1.82, 2.24) is 15.3 Å². The van der Waals surface area contributed by atoms with Crippen LogP contribution < -0.4 is 5.32 Å². The van der Waals surface area contributed by atoms with Gasteiger partial charge in [-0.1, -0.05) is 0 Å². The number of carbonyl (C=O) groups is 2. The molecule has 0 fully saturated rings. The molecule has 2 rings (SSSR count). The second-order valence-electron chi connectivity index (χ2n) is 9.56. The summed E-state index contributed by atoms with van der Waals surface area (Å²) in [6.45, 7) is 4.58. The lowest BCUT2D eigenvalue weighted by Gasteiger charge is -2.30. The molecule has 39 heavy (non-hydrogen) atoms. The molecule has 0 saturated heterocycles. The predicted molar refractivity (Wildman–Crippen MR) is 128 cm³/mol. The number of alkyl carbamates (subject to hydrolysis) is 1. The molecule has 2 unspecified atom stereocenters. The molecule has 0 aliphatic rings. The second-order valence-corrected chi connectivity index (χ2v) is 12.0. The van der Waals surface area contributed by atoms with Gasteiger partial charge in [0.15, 0.2) is 0 Å². The van der Waals surface area contributed by atoms with Crippen LogP contribution in [0.4, 0.5) is 26.7 Å². The first kappa shape index (κ1) is 31.8. The molecule has 0 radical (unpaired) electrons. The van der Waals surface area contributed by atoms with Crippen LogP contribution in [0.1, 0.15) is 39.3 Å². The highest BCUT2D eigenvalue weighted by Crippen LogP contribution is 2.41. The van der Waals surface area contributed by atoms with Gasteiger partial charge in [0, 0.05) is 39.3 Å². The summed E-state index contributed by atoms with van der Waals surface area (Å²) in [5, 5.41) is 21.8. The van der Waals surface area contributed by atoms with Crippen LogP contribution in [0.3, 0.4) is 0 Å². The summed E-state index contributed by atoms with van der Waals surface area (Å²) in [6.07, 6.45) is -7.06. The Balaban J connectivity index is 2.17. The van der Waals surface area contributed by atoms with Crippen molar-refractivity contribution in [2.45, 2.75) is 57.0 Å². The van der Waals surface area contributed by atoms with E-state index >= 15 is 0 Å². The summed E-state index contributed by atoms with van der Waals surface area (Å²) in [5.41, 5.74) is -6.18. The molecule has 0 spiro atoms. The predicted octanol–water partition coefficient (Wildman–Crippen LogP) is 3.98. The number of ether oxygens (including phenoxy) is 1. The fourth-order valence-corrected chi connectivity index (χ4v) is 4.67. The first-order valence-electron chi connectivity index (χ1n) is 11.3. The Morgan fingerprint density at radius 2 is 1.77 bits per heavy atom. The van der Waals surface area contributed by atoms with E-state index in [1.807, 2.05) is 5.32 Å². The number of aliphatic carboxylic acids is 1. The molecule has 3 atom stereocenters. The fraction of sp³-hybridized carbons (Fsp3) is 0.478. The number of rotatable bonds is 10. The van der Waals surface area contributed by atoms with Gasteiger partial charge in [-0.2, -0.15) is 13.2 Å². The standard InChI is InChI=1S/C23H27F5N4O6S/c1-21(2,3)38-20(35)32-16(19(33)34)6-8-39(29,37)9-7-22(36,23(26,27)28)18-12-30-17(11-31-18)14-5-4-13(24)10-15(14)25/h4-5,10-12,16,29,36H,6-9H2,1-3H3,(H,32,35)(H,33,34)/t16-,22?,39?/m0/s1. The Morgan fingerprint density at radius 3 is 2.26 bits per heavy atom. The third-order valence-corrected chi connectivity index (χ3v) is 7.03. The monoisotopic (exact) mass is 582 g/mol. The van der Waals surface area contributed by atoms with Crippen LogP contribution in [-0.2, 0) is 24.9 Å². The molecule has 1 amide bonds. The minimum absolute atomic E-state index is 0.248. The lowest BCUT2D eigenvalue weighted by atomic mass is 9.96. The molecule has 0 saturated carbocycles. The van der Waals surface area contributed by atoms with Gasteiger partial charge in [-0.3, -0.25) is 14.7 Å². The van der Waals surface area contributed by atoms with Gasteiger partial charge in [0.25, 0.3) is 0 Å². The van der Waals surface area contributed by atoms with Crippen molar-refractivity contribution in [3.63, 3.8) is 0 Å². The first-order chi connectivity index (χ1) is 17.7. The Kier molecular flexibility index (Phi) is 9.60. The van der Waals surface area contributed by atoms with E-state index in [2.05, 4.69) is 9.97 Å². The average Bonchev–Trinajstić information content (AvgIpc) is 2.78. The fourth-order valence-electron chi connectivity index (χ4n) is 3.22. The minimum atomic E-state index is -5.36. The summed E-state index contributed by atoms with van der Waals surface area (Å²) >= 11 is 0. The van der Waals surface area contributed by atoms with Gasteiger partial charge in [-0.25, -0.2) is 22.6 Å².